The predicted molar refractivity (Wildman–Crippen MR) is 244 cm³/mol. The Balaban J connectivity index is 1.15. The Hall–Kier alpha value is -5.76. The highest BCUT2D eigenvalue weighted by molar-refractivity contribution is 6.35. The van der Waals surface area contributed by atoms with Gasteiger partial charge in [0.25, 0.3) is 5.91 Å². The van der Waals surface area contributed by atoms with Crippen LogP contribution in [0, 0.1) is 27.7 Å². The number of carbonyl (C=O) groups is 2. The standard InChI is InChI=1S/C47H50Cl2N10O3/c1-26-18-32(19-27(2)43(26)49)62-17-9-10-33-34-12-13-36(48)42(41-29(4)51-39(52-30(41)5)23-57-16-15-54(6)40(60)24-57)44(34)59-28(3)21-58(47(61)45(33)59)38-22-55(7)37-14-11-31(20-35(37)38)46-50-25-56(8)53-46/h11-14,18-20,22,25,28H,9-10,15-17,21,23-24H2,1-8H3/t28-/m1/s1. The SMILES string of the molecule is Cc1cc(OCCCc2c3n(c4c(-c5c(C)nc(CN6CCN(C)C(=O)C6)nc5C)c(Cl)ccc24)[C@H](C)CN(c2cn(C)c4ccc(-c5ncn(C)n5)cc24)C3=O)cc(C)c1Cl. The van der Waals surface area contributed by atoms with E-state index in [1.807, 2.05) is 90.3 Å². The predicted octanol–water partition coefficient (Wildman–Crippen LogP) is 8.43. The normalized spacial score (nSPS) is 16.0. The van der Waals surface area contributed by atoms with E-state index in [1.165, 1.54) is 0 Å². The van der Waals surface area contributed by atoms with Crippen molar-refractivity contribution in [3.05, 3.63) is 105 Å². The number of ether oxygens (including phenoxy) is 1. The summed E-state index contributed by atoms with van der Waals surface area (Å²) in [5.74, 6) is 2.05. The Bertz CT molecular complexity index is 2900. The summed E-state index contributed by atoms with van der Waals surface area (Å²) in [7, 11) is 5.69. The van der Waals surface area contributed by atoms with E-state index in [2.05, 4.69) is 43.2 Å². The van der Waals surface area contributed by atoms with Gasteiger partial charge in [-0.05, 0) is 101 Å². The molecule has 0 unspecified atom stereocenters. The molecule has 13 nitrogen and oxygen atoms in total. The first-order chi connectivity index (χ1) is 29.7. The molecule has 3 aromatic carbocycles. The Morgan fingerprint density at radius 2 is 1.63 bits per heavy atom. The molecule has 7 aromatic rings. The van der Waals surface area contributed by atoms with Crippen molar-refractivity contribution in [1.82, 2.24) is 43.7 Å². The van der Waals surface area contributed by atoms with Crippen molar-refractivity contribution >= 4 is 62.5 Å². The third-order valence-corrected chi connectivity index (χ3v) is 13.3. The van der Waals surface area contributed by atoms with Crippen LogP contribution in [0.5, 0.6) is 5.75 Å². The van der Waals surface area contributed by atoms with Crippen LogP contribution in [-0.2, 0) is 31.9 Å². The molecular formula is C47H50Cl2N10O3. The van der Waals surface area contributed by atoms with E-state index in [0.717, 1.165) is 89.6 Å². The zero-order valence-electron chi connectivity index (χ0n) is 36.4. The quantitative estimate of drug-likeness (QED) is 0.126. The lowest BCUT2D eigenvalue weighted by Gasteiger charge is -2.34. The molecule has 2 amide bonds. The van der Waals surface area contributed by atoms with Crippen molar-refractivity contribution < 1.29 is 14.3 Å². The first kappa shape index (κ1) is 41.6. The van der Waals surface area contributed by atoms with Gasteiger partial charge in [0.2, 0.25) is 5.91 Å². The lowest BCUT2D eigenvalue weighted by atomic mass is 9.97. The molecule has 0 aliphatic carbocycles. The summed E-state index contributed by atoms with van der Waals surface area (Å²) in [5, 5.41) is 7.75. The van der Waals surface area contributed by atoms with Gasteiger partial charge >= 0.3 is 0 Å². The number of piperazine rings is 1. The van der Waals surface area contributed by atoms with Crippen molar-refractivity contribution in [1.29, 1.82) is 0 Å². The number of carbonyl (C=O) groups excluding carboxylic acids is 2. The Morgan fingerprint density at radius 1 is 0.887 bits per heavy atom. The highest BCUT2D eigenvalue weighted by Crippen LogP contribution is 2.46. The monoisotopic (exact) mass is 872 g/mol. The number of hydrogen-bond acceptors (Lipinski definition) is 8. The molecule has 2 aliphatic rings. The number of halogens is 2. The van der Waals surface area contributed by atoms with E-state index in [4.69, 9.17) is 37.9 Å². The van der Waals surface area contributed by atoms with Crippen LogP contribution in [0.15, 0.2) is 55.0 Å². The number of hydrogen-bond donors (Lipinski definition) is 0. The highest BCUT2D eigenvalue weighted by Gasteiger charge is 2.38. The highest BCUT2D eigenvalue weighted by atomic mass is 35.5. The fourth-order valence-corrected chi connectivity index (χ4v) is 9.72. The maximum Gasteiger partial charge on any atom is 0.275 e. The van der Waals surface area contributed by atoms with Gasteiger partial charge < -0.3 is 23.7 Å². The van der Waals surface area contributed by atoms with Gasteiger partial charge in [0.05, 0.1) is 35.9 Å². The van der Waals surface area contributed by atoms with Crippen LogP contribution in [0.2, 0.25) is 10.0 Å². The summed E-state index contributed by atoms with van der Waals surface area (Å²) in [4.78, 5) is 48.2. The summed E-state index contributed by atoms with van der Waals surface area (Å²) in [6.07, 6.45) is 4.97. The van der Waals surface area contributed by atoms with E-state index in [9.17, 15) is 4.79 Å². The van der Waals surface area contributed by atoms with Crippen LogP contribution in [-0.4, -0.2) is 95.3 Å². The van der Waals surface area contributed by atoms with E-state index in [1.54, 1.807) is 15.9 Å². The smallest absolute Gasteiger partial charge is 0.275 e. The minimum Gasteiger partial charge on any atom is -0.494 e. The number of benzene rings is 3. The molecule has 4 aromatic heterocycles. The summed E-state index contributed by atoms with van der Waals surface area (Å²) in [6.45, 7) is 13.2. The minimum absolute atomic E-state index is 0.0862. The van der Waals surface area contributed by atoms with Gasteiger partial charge in [0, 0.05) is 102 Å². The number of aryl methyl sites for hydroxylation is 7. The van der Waals surface area contributed by atoms with Crippen molar-refractivity contribution in [2.75, 3.05) is 44.7 Å². The van der Waals surface area contributed by atoms with Gasteiger partial charge in [0.15, 0.2) is 5.82 Å². The second-order valence-electron chi connectivity index (χ2n) is 16.9. The average Bonchev–Trinajstić information content (AvgIpc) is 3.92. The second-order valence-corrected chi connectivity index (χ2v) is 17.7. The molecule has 0 bridgehead atoms. The lowest BCUT2D eigenvalue weighted by Crippen LogP contribution is -2.48. The van der Waals surface area contributed by atoms with E-state index < -0.39 is 0 Å². The van der Waals surface area contributed by atoms with Crippen molar-refractivity contribution in [2.45, 2.75) is 60.0 Å². The number of nitrogens with zero attached hydrogens (tertiary/aromatic N) is 10. The minimum atomic E-state index is -0.140. The average molecular weight is 874 g/mol. The van der Waals surface area contributed by atoms with Crippen LogP contribution >= 0.6 is 23.2 Å². The molecule has 2 aliphatic heterocycles. The summed E-state index contributed by atoms with van der Waals surface area (Å²) in [6, 6.07) is 13.9. The fraction of sp³-hybridized carbons (Fsp3) is 0.362. The summed E-state index contributed by atoms with van der Waals surface area (Å²) >= 11 is 13.7. The number of aromatic nitrogens is 7. The van der Waals surface area contributed by atoms with Gasteiger partial charge in [-0.25, -0.2) is 15.0 Å². The molecule has 9 rings (SSSR count). The number of anilines is 1. The summed E-state index contributed by atoms with van der Waals surface area (Å²) in [5.41, 5.74) is 10.3. The van der Waals surface area contributed by atoms with Gasteiger partial charge in [-0.2, -0.15) is 5.10 Å². The van der Waals surface area contributed by atoms with Crippen LogP contribution < -0.4 is 9.64 Å². The van der Waals surface area contributed by atoms with Crippen LogP contribution in [0.25, 0.3) is 44.3 Å². The second kappa shape index (κ2) is 16.2. The topological polar surface area (TPSA) is 119 Å². The number of amides is 2. The fourth-order valence-electron chi connectivity index (χ4n) is 9.36. The number of fused-ring (bicyclic) bond motifs is 4. The third-order valence-electron chi connectivity index (χ3n) is 12.4. The zero-order chi connectivity index (χ0) is 43.7. The van der Waals surface area contributed by atoms with Gasteiger partial charge in [0.1, 0.15) is 23.6 Å². The molecule has 0 N–H and O–H groups in total. The molecule has 1 saturated heterocycles. The first-order valence-electron chi connectivity index (χ1n) is 21.0. The van der Waals surface area contributed by atoms with Crippen LogP contribution in [0.4, 0.5) is 5.69 Å². The molecule has 62 heavy (non-hydrogen) atoms. The van der Waals surface area contributed by atoms with Crippen molar-refractivity contribution in [2.24, 2.45) is 14.1 Å². The van der Waals surface area contributed by atoms with E-state index in [-0.39, 0.29) is 17.9 Å². The molecule has 0 radical (unpaired) electrons. The Morgan fingerprint density at radius 3 is 2.32 bits per heavy atom. The number of rotatable bonds is 10. The summed E-state index contributed by atoms with van der Waals surface area (Å²) < 4.78 is 12.3. The number of likely N-dealkylation sites (N-methyl/N-ethyl adjacent to an activating group) is 1. The van der Waals surface area contributed by atoms with Gasteiger partial charge in [-0.3, -0.25) is 19.2 Å². The first-order valence-corrected chi connectivity index (χ1v) is 21.8. The molecular weight excluding hydrogens is 823 g/mol. The molecule has 320 valence electrons. The van der Waals surface area contributed by atoms with Crippen molar-refractivity contribution in [3.8, 4) is 28.3 Å². The third kappa shape index (κ3) is 7.29. The van der Waals surface area contributed by atoms with E-state index in [0.29, 0.717) is 68.0 Å². The van der Waals surface area contributed by atoms with Crippen molar-refractivity contribution in [3.63, 3.8) is 0 Å². The van der Waals surface area contributed by atoms with Crippen LogP contribution in [0.3, 0.4) is 0 Å². The maximum atomic E-state index is 15.4. The zero-order valence-corrected chi connectivity index (χ0v) is 37.9. The molecule has 15 heteroatoms. The maximum absolute atomic E-state index is 15.4. The molecule has 1 fully saturated rings. The Labute approximate surface area is 370 Å². The molecule has 6 heterocycles. The Kier molecular flexibility index (Phi) is 10.8. The molecule has 1 atom stereocenters. The lowest BCUT2D eigenvalue weighted by molar-refractivity contribution is -0.134. The van der Waals surface area contributed by atoms with E-state index >= 15 is 4.79 Å². The molecule has 0 saturated carbocycles. The van der Waals surface area contributed by atoms with Gasteiger partial charge in [-0.15, -0.1) is 0 Å². The molecule has 0 spiro atoms. The largest absolute Gasteiger partial charge is 0.494 e. The van der Waals surface area contributed by atoms with Gasteiger partial charge in [-0.1, -0.05) is 29.3 Å². The van der Waals surface area contributed by atoms with Crippen LogP contribution in [0.1, 0.15) is 63.8 Å².